The van der Waals surface area contributed by atoms with Gasteiger partial charge in [-0.3, -0.25) is 0 Å². The molecule has 2 nitrogen and oxygen atoms in total. The number of thioether (sulfide) groups is 1. The summed E-state index contributed by atoms with van der Waals surface area (Å²) in [7, 11) is 0. The van der Waals surface area contributed by atoms with Gasteiger partial charge in [0.05, 0.1) is 6.10 Å². The molecule has 1 aliphatic heterocycles. The average Bonchev–Trinajstić information content (AvgIpc) is 2.53. The van der Waals surface area contributed by atoms with Crippen molar-refractivity contribution in [2.75, 3.05) is 5.75 Å². The third kappa shape index (κ3) is 2.84. The first-order valence-electron chi connectivity index (χ1n) is 7.86. The quantitative estimate of drug-likeness (QED) is 0.909. The van der Waals surface area contributed by atoms with E-state index in [-0.39, 0.29) is 12.2 Å². The van der Waals surface area contributed by atoms with E-state index in [0.717, 1.165) is 17.9 Å². The standard InChI is InChI=1S/C17H24O2S/c1-2-12-7-3-4-8-13(12)17(18)15-11-20-16-10-6-5-9-14(16)19-15/h5-6,9-10,12-13,15,17-18H,2-4,7-8,11H2,1H3. The molecule has 0 aromatic heterocycles. The van der Waals surface area contributed by atoms with Gasteiger partial charge in [0.15, 0.2) is 0 Å². The number of ether oxygens (including phenoxy) is 1. The van der Waals surface area contributed by atoms with Crippen molar-refractivity contribution in [1.82, 2.24) is 0 Å². The molecule has 1 N–H and O–H groups in total. The fraction of sp³-hybridized carbons (Fsp3) is 0.647. The second kappa shape index (κ2) is 6.40. The average molecular weight is 292 g/mol. The highest BCUT2D eigenvalue weighted by atomic mass is 32.2. The predicted molar refractivity (Wildman–Crippen MR) is 83.3 cm³/mol. The molecule has 2 aliphatic rings. The Morgan fingerprint density at radius 3 is 2.95 bits per heavy atom. The molecule has 20 heavy (non-hydrogen) atoms. The minimum absolute atomic E-state index is 0.0490. The second-order valence-corrected chi connectivity index (χ2v) is 7.08. The van der Waals surface area contributed by atoms with Crippen molar-refractivity contribution in [2.24, 2.45) is 11.8 Å². The molecule has 1 fully saturated rings. The number of hydrogen-bond donors (Lipinski definition) is 1. The molecule has 3 rings (SSSR count). The molecule has 0 bridgehead atoms. The third-order valence-corrected chi connectivity index (χ3v) is 5.99. The van der Waals surface area contributed by atoms with Gasteiger partial charge in [0.1, 0.15) is 11.9 Å². The van der Waals surface area contributed by atoms with E-state index in [9.17, 15) is 5.11 Å². The van der Waals surface area contributed by atoms with Gasteiger partial charge in [-0.2, -0.15) is 0 Å². The molecule has 1 aliphatic carbocycles. The van der Waals surface area contributed by atoms with Crippen LogP contribution in [-0.4, -0.2) is 23.1 Å². The molecular weight excluding hydrogens is 268 g/mol. The first kappa shape index (κ1) is 14.3. The summed E-state index contributed by atoms with van der Waals surface area (Å²) in [6.45, 7) is 2.25. The van der Waals surface area contributed by atoms with E-state index in [1.54, 1.807) is 0 Å². The zero-order valence-corrected chi connectivity index (χ0v) is 12.9. The van der Waals surface area contributed by atoms with Crippen molar-refractivity contribution in [3.8, 4) is 5.75 Å². The summed E-state index contributed by atoms with van der Waals surface area (Å²) in [6.07, 6.45) is 5.83. The fourth-order valence-corrected chi connectivity index (χ4v) is 4.71. The minimum atomic E-state index is -0.318. The lowest BCUT2D eigenvalue weighted by atomic mass is 9.74. The Morgan fingerprint density at radius 1 is 1.30 bits per heavy atom. The van der Waals surface area contributed by atoms with Crippen LogP contribution >= 0.6 is 11.8 Å². The SMILES string of the molecule is CCC1CCCCC1C(O)C1CSc2ccccc2O1. The highest BCUT2D eigenvalue weighted by molar-refractivity contribution is 7.99. The molecule has 110 valence electrons. The maximum absolute atomic E-state index is 10.8. The van der Waals surface area contributed by atoms with Crippen molar-refractivity contribution >= 4 is 11.8 Å². The molecule has 0 radical (unpaired) electrons. The van der Waals surface area contributed by atoms with Gasteiger partial charge in [-0.25, -0.2) is 0 Å². The highest BCUT2D eigenvalue weighted by Crippen LogP contribution is 2.40. The van der Waals surface area contributed by atoms with Gasteiger partial charge in [-0.05, 0) is 30.4 Å². The number of para-hydroxylation sites is 1. The van der Waals surface area contributed by atoms with Crippen LogP contribution in [0, 0.1) is 11.8 Å². The van der Waals surface area contributed by atoms with Crippen molar-refractivity contribution in [2.45, 2.75) is 56.1 Å². The van der Waals surface area contributed by atoms with E-state index in [1.807, 2.05) is 30.0 Å². The highest BCUT2D eigenvalue weighted by Gasteiger charge is 2.37. The van der Waals surface area contributed by atoms with Crippen molar-refractivity contribution in [3.05, 3.63) is 24.3 Å². The Kier molecular flexibility index (Phi) is 4.57. The third-order valence-electron chi connectivity index (χ3n) is 4.84. The van der Waals surface area contributed by atoms with E-state index in [1.165, 1.54) is 30.6 Å². The van der Waals surface area contributed by atoms with Gasteiger partial charge in [-0.15, -0.1) is 11.8 Å². The molecule has 0 amide bonds. The van der Waals surface area contributed by atoms with Crippen LogP contribution in [0.25, 0.3) is 0 Å². The summed E-state index contributed by atoms with van der Waals surface area (Å²) in [6, 6.07) is 8.15. The zero-order chi connectivity index (χ0) is 13.9. The summed E-state index contributed by atoms with van der Waals surface area (Å²) in [4.78, 5) is 1.20. The maximum Gasteiger partial charge on any atom is 0.134 e. The summed E-state index contributed by atoms with van der Waals surface area (Å²) < 4.78 is 6.07. The summed E-state index contributed by atoms with van der Waals surface area (Å²) in [5, 5.41) is 10.8. The number of hydrogen-bond acceptors (Lipinski definition) is 3. The zero-order valence-electron chi connectivity index (χ0n) is 12.1. The van der Waals surface area contributed by atoms with Gasteiger partial charge >= 0.3 is 0 Å². The first-order valence-corrected chi connectivity index (χ1v) is 8.84. The molecule has 0 spiro atoms. The van der Waals surface area contributed by atoms with Crippen LogP contribution in [0.15, 0.2) is 29.2 Å². The summed E-state index contributed by atoms with van der Waals surface area (Å²) >= 11 is 1.81. The van der Waals surface area contributed by atoms with Crippen molar-refractivity contribution in [3.63, 3.8) is 0 Å². The van der Waals surface area contributed by atoms with Gasteiger partial charge in [-0.1, -0.05) is 44.7 Å². The molecule has 4 unspecified atom stereocenters. The van der Waals surface area contributed by atoms with Crippen LogP contribution < -0.4 is 4.74 Å². The molecule has 3 heteroatoms. The van der Waals surface area contributed by atoms with E-state index in [2.05, 4.69) is 13.0 Å². The normalized spacial score (nSPS) is 31.2. The number of benzene rings is 1. The molecular formula is C17H24O2S. The summed E-state index contributed by atoms with van der Waals surface area (Å²) in [5.74, 6) is 2.90. The monoisotopic (exact) mass is 292 g/mol. The number of rotatable bonds is 3. The lowest BCUT2D eigenvalue weighted by molar-refractivity contribution is -0.0270. The second-order valence-electron chi connectivity index (χ2n) is 6.02. The molecule has 0 saturated heterocycles. The van der Waals surface area contributed by atoms with Crippen LogP contribution in [0.3, 0.4) is 0 Å². The van der Waals surface area contributed by atoms with Gasteiger partial charge in [0, 0.05) is 10.6 Å². The van der Waals surface area contributed by atoms with E-state index in [4.69, 9.17) is 4.74 Å². The van der Waals surface area contributed by atoms with Gasteiger partial charge < -0.3 is 9.84 Å². The van der Waals surface area contributed by atoms with E-state index >= 15 is 0 Å². The van der Waals surface area contributed by atoms with E-state index in [0.29, 0.717) is 11.8 Å². The lowest BCUT2D eigenvalue weighted by Crippen LogP contribution is -2.44. The Hall–Kier alpha value is -0.670. The van der Waals surface area contributed by atoms with Crippen molar-refractivity contribution < 1.29 is 9.84 Å². The number of aliphatic hydroxyl groups excluding tert-OH is 1. The molecule has 4 atom stereocenters. The minimum Gasteiger partial charge on any atom is -0.486 e. The predicted octanol–water partition coefficient (Wildman–Crippen LogP) is 4.12. The smallest absolute Gasteiger partial charge is 0.134 e. The number of aliphatic hydroxyl groups is 1. The maximum atomic E-state index is 10.8. The molecule has 1 aromatic rings. The number of fused-ring (bicyclic) bond motifs is 1. The molecule has 1 heterocycles. The lowest BCUT2D eigenvalue weighted by Gasteiger charge is -2.39. The van der Waals surface area contributed by atoms with Crippen LogP contribution in [-0.2, 0) is 0 Å². The molecule has 1 saturated carbocycles. The Labute approximate surface area is 125 Å². The van der Waals surface area contributed by atoms with Gasteiger partial charge in [0.25, 0.3) is 0 Å². The Bertz CT molecular complexity index is 448. The van der Waals surface area contributed by atoms with E-state index < -0.39 is 0 Å². The Morgan fingerprint density at radius 2 is 2.10 bits per heavy atom. The van der Waals surface area contributed by atoms with Crippen LogP contribution in [0.2, 0.25) is 0 Å². The van der Waals surface area contributed by atoms with Crippen LogP contribution in [0.4, 0.5) is 0 Å². The van der Waals surface area contributed by atoms with Crippen LogP contribution in [0.5, 0.6) is 5.75 Å². The fourth-order valence-electron chi connectivity index (χ4n) is 3.67. The first-order chi connectivity index (χ1) is 9.79. The van der Waals surface area contributed by atoms with Crippen molar-refractivity contribution in [1.29, 1.82) is 0 Å². The largest absolute Gasteiger partial charge is 0.486 e. The molecule has 1 aromatic carbocycles. The Balaban J connectivity index is 1.70. The van der Waals surface area contributed by atoms with Gasteiger partial charge in [0.2, 0.25) is 0 Å². The topological polar surface area (TPSA) is 29.5 Å². The van der Waals surface area contributed by atoms with Crippen LogP contribution in [0.1, 0.15) is 39.0 Å². The summed E-state index contributed by atoms with van der Waals surface area (Å²) in [5.41, 5.74) is 0.